The van der Waals surface area contributed by atoms with Crippen molar-refractivity contribution in [3.05, 3.63) is 0 Å². The molecule has 0 rings (SSSR count). The van der Waals surface area contributed by atoms with Gasteiger partial charge in [-0.15, -0.1) is 37.2 Å². The average molecular weight is 213 g/mol. The minimum absolute atomic E-state index is 0. The van der Waals surface area contributed by atoms with Gasteiger partial charge in [-0.2, -0.15) is 0 Å². The molecular formula is H3Cl3Cr2. The van der Waals surface area contributed by atoms with Crippen LogP contribution in [0.3, 0.4) is 0 Å². The van der Waals surface area contributed by atoms with Crippen LogP contribution in [-0.4, -0.2) is 0 Å². The molecule has 5 heteroatoms. The van der Waals surface area contributed by atoms with E-state index in [1.807, 2.05) is 0 Å². The second-order valence-corrected chi connectivity index (χ2v) is 0. The number of hydrogen-bond acceptors (Lipinski definition) is 0. The fourth-order valence-electron chi connectivity index (χ4n) is 0. The molecule has 0 aliphatic carbocycles. The Morgan fingerprint density at radius 1 is 0.400 bits per heavy atom. The first kappa shape index (κ1) is 65.2. The Hall–Kier alpha value is 1.93. The summed E-state index contributed by atoms with van der Waals surface area (Å²) in [4.78, 5) is 0. The predicted octanol–water partition coefficient (Wildman–Crippen LogP) is 1.26. The Morgan fingerprint density at radius 3 is 0.400 bits per heavy atom. The standard InChI is InChI=1S/3ClH.2Cr/h3*1H;;. The topological polar surface area (TPSA) is 0 Å². The van der Waals surface area contributed by atoms with Crippen LogP contribution < -0.4 is 0 Å². The van der Waals surface area contributed by atoms with Gasteiger partial charge in [0.15, 0.2) is 0 Å². The van der Waals surface area contributed by atoms with Gasteiger partial charge in [-0.25, -0.2) is 0 Å². The Labute approximate surface area is 71.6 Å². The van der Waals surface area contributed by atoms with Gasteiger partial charge in [0, 0.05) is 34.7 Å². The largest absolute Gasteiger partial charge is 0.147 e. The molecule has 0 atom stereocenters. The smallest absolute Gasteiger partial charge is 0 e. The Balaban J connectivity index is 0. The third kappa shape index (κ3) is 24.5. The molecule has 0 aromatic rings. The average Bonchev–Trinajstić information content (AvgIpc) is 0. The third-order valence-electron chi connectivity index (χ3n) is 0. The van der Waals surface area contributed by atoms with Crippen LogP contribution in [0.4, 0.5) is 0 Å². The van der Waals surface area contributed by atoms with Crippen LogP contribution >= 0.6 is 37.2 Å². The van der Waals surface area contributed by atoms with E-state index in [4.69, 9.17) is 0 Å². The molecule has 0 radical (unpaired) electrons. The number of hydrogen-bond donors (Lipinski definition) is 0. The molecule has 5 heavy (non-hydrogen) atoms. The molecule has 36 valence electrons. The Kier molecular flexibility index (Phi) is 504. The summed E-state index contributed by atoms with van der Waals surface area (Å²) < 4.78 is 0. The van der Waals surface area contributed by atoms with Crippen LogP contribution in [-0.2, 0) is 34.7 Å². The normalized spacial score (nSPS) is 0. The quantitative estimate of drug-likeness (QED) is 0.568. The molecule has 0 aliphatic heterocycles. The van der Waals surface area contributed by atoms with E-state index in [0.29, 0.717) is 0 Å². The van der Waals surface area contributed by atoms with Crippen molar-refractivity contribution in [3.8, 4) is 0 Å². The van der Waals surface area contributed by atoms with Gasteiger partial charge < -0.3 is 0 Å². The van der Waals surface area contributed by atoms with Crippen LogP contribution in [0.5, 0.6) is 0 Å². The minimum atomic E-state index is 0. The fourth-order valence-corrected chi connectivity index (χ4v) is 0. The maximum atomic E-state index is 0. The molecule has 0 aromatic heterocycles. The van der Waals surface area contributed by atoms with Gasteiger partial charge in [0.1, 0.15) is 0 Å². The molecule has 0 heterocycles. The van der Waals surface area contributed by atoms with E-state index in [0.717, 1.165) is 0 Å². The van der Waals surface area contributed by atoms with Crippen molar-refractivity contribution in [1.82, 2.24) is 0 Å². The van der Waals surface area contributed by atoms with Gasteiger partial charge in [0.25, 0.3) is 0 Å². The molecule has 0 amide bonds. The van der Waals surface area contributed by atoms with Crippen molar-refractivity contribution in [2.75, 3.05) is 0 Å². The van der Waals surface area contributed by atoms with E-state index < -0.39 is 0 Å². The van der Waals surface area contributed by atoms with Crippen molar-refractivity contribution in [2.24, 2.45) is 0 Å². The Bertz CT molecular complexity index is 4.85. The zero-order valence-corrected chi connectivity index (χ0v) is 7.04. The van der Waals surface area contributed by atoms with Crippen molar-refractivity contribution < 1.29 is 34.7 Å². The third-order valence-corrected chi connectivity index (χ3v) is 0. The number of halogens is 3. The summed E-state index contributed by atoms with van der Waals surface area (Å²) in [6.07, 6.45) is 0. The number of rotatable bonds is 0. The van der Waals surface area contributed by atoms with E-state index in [1.165, 1.54) is 0 Å². The maximum absolute atomic E-state index is 0. The van der Waals surface area contributed by atoms with Gasteiger partial charge in [0.05, 0.1) is 0 Å². The first-order valence-corrected chi connectivity index (χ1v) is 0. The first-order valence-electron chi connectivity index (χ1n) is 0. The second-order valence-electron chi connectivity index (χ2n) is 0. The maximum Gasteiger partial charge on any atom is 0 e. The van der Waals surface area contributed by atoms with Crippen LogP contribution in [0.1, 0.15) is 0 Å². The summed E-state index contributed by atoms with van der Waals surface area (Å²) in [5.41, 5.74) is 0. The van der Waals surface area contributed by atoms with Gasteiger partial charge in [-0.1, -0.05) is 0 Å². The zero-order valence-electron chi connectivity index (χ0n) is 2.04. The molecule has 0 saturated carbocycles. The van der Waals surface area contributed by atoms with Gasteiger partial charge in [-0.05, 0) is 0 Å². The Morgan fingerprint density at radius 2 is 0.400 bits per heavy atom. The fraction of sp³-hybridized carbons (Fsp3) is 0. The molecule has 0 spiro atoms. The molecule has 0 saturated heterocycles. The summed E-state index contributed by atoms with van der Waals surface area (Å²) in [5.74, 6) is 0. The minimum Gasteiger partial charge on any atom is -0.147 e. The van der Waals surface area contributed by atoms with E-state index in [9.17, 15) is 0 Å². The summed E-state index contributed by atoms with van der Waals surface area (Å²) in [7, 11) is 0. The van der Waals surface area contributed by atoms with Crippen molar-refractivity contribution >= 4 is 37.2 Å². The molecular weight excluding hydrogens is 210 g/mol. The molecule has 0 N–H and O–H groups in total. The summed E-state index contributed by atoms with van der Waals surface area (Å²) >= 11 is 0. The van der Waals surface area contributed by atoms with Crippen LogP contribution in [0.25, 0.3) is 0 Å². The monoisotopic (exact) mass is 212 g/mol. The summed E-state index contributed by atoms with van der Waals surface area (Å²) in [6, 6.07) is 0. The van der Waals surface area contributed by atoms with E-state index in [1.54, 1.807) is 0 Å². The molecule has 0 aliphatic rings. The zero-order chi connectivity index (χ0) is 0. The van der Waals surface area contributed by atoms with Crippen molar-refractivity contribution in [2.45, 2.75) is 0 Å². The predicted molar refractivity (Wildman–Crippen MR) is 21.7 cm³/mol. The molecule has 0 aromatic carbocycles. The molecule has 0 nitrogen and oxygen atoms in total. The first-order chi connectivity index (χ1) is 0. The van der Waals surface area contributed by atoms with Crippen LogP contribution in [0, 0.1) is 0 Å². The summed E-state index contributed by atoms with van der Waals surface area (Å²) in [5, 5.41) is 0. The van der Waals surface area contributed by atoms with Gasteiger partial charge in [0.2, 0.25) is 0 Å². The van der Waals surface area contributed by atoms with E-state index >= 15 is 0 Å². The van der Waals surface area contributed by atoms with Crippen LogP contribution in [0.2, 0.25) is 0 Å². The SMILES string of the molecule is Cl.Cl.Cl.[Cr].[Cr]. The summed E-state index contributed by atoms with van der Waals surface area (Å²) in [6.45, 7) is 0. The molecule has 0 fully saturated rings. The molecule has 0 unspecified atom stereocenters. The van der Waals surface area contributed by atoms with Crippen LogP contribution in [0.15, 0.2) is 0 Å². The van der Waals surface area contributed by atoms with E-state index in [2.05, 4.69) is 0 Å². The van der Waals surface area contributed by atoms with Crippen molar-refractivity contribution in [3.63, 3.8) is 0 Å². The van der Waals surface area contributed by atoms with Gasteiger partial charge >= 0.3 is 0 Å². The molecule has 0 bridgehead atoms. The van der Waals surface area contributed by atoms with E-state index in [-0.39, 0.29) is 71.9 Å². The van der Waals surface area contributed by atoms with Crippen molar-refractivity contribution in [1.29, 1.82) is 0 Å². The van der Waals surface area contributed by atoms with Gasteiger partial charge in [-0.3, -0.25) is 0 Å². The second kappa shape index (κ2) is 38.6.